The van der Waals surface area contributed by atoms with Crippen LogP contribution in [0.4, 0.5) is 0 Å². The molecule has 21 heavy (non-hydrogen) atoms. The van der Waals surface area contributed by atoms with E-state index in [4.69, 9.17) is 0 Å². The lowest BCUT2D eigenvalue weighted by molar-refractivity contribution is 0.180. The molecule has 2 heterocycles. The first-order chi connectivity index (χ1) is 9.81. The zero-order chi connectivity index (χ0) is 15.6. The van der Waals surface area contributed by atoms with Crippen LogP contribution in [-0.4, -0.2) is 14.9 Å². The van der Waals surface area contributed by atoms with Crippen molar-refractivity contribution in [2.45, 2.75) is 65.0 Å². The molecular formula is C17H26N2OS. The van der Waals surface area contributed by atoms with E-state index in [0.29, 0.717) is 12.5 Å². The summed E-state index contributed by atoms with van der Waals surface area (Å²) in [7, 11) is 0. The van der Waals surface area contributed by atoms with Crippen LogP contribution >= 0.6 is 11.3 Å². The van der Waals surface area contributed by atoms with Crippen molar-refractivity contribution >= 4 is 11.3 Å². The summed E-state index contributed by atoms with van der Waals surface area (Å²) in [5, 5.41) is 15.0. The topological polar surface area (TPSA) is 38.0 Å². The first-order valence-electron chi connectivity index (χ1n) is 7.63. The highest BCUT2D eigenvalue weighted by Crippen LogP contribution is 2.33. The molecule has 0 aliphatic heterocycles. The van der Waals surface area contributed by atoms with Crippen LogP contribution < -0.4 is 0 Å². The Labute approximate surface area is 131 Å². The Hall–Kier alpha value is -1.13. The molecule has 4 heteroatoms. The monoisotopic (exact) mass is 306 g/mol. The zero-order valence-corrected chi connectivity index (χ0v) is 14.4. The minimum Gasteiger partial charge on any atom is -0.387 e. The van der Waals surface area contributed by atoms with Gasteiger partial charge in [0.05, 0.1) is 11.8 Å². The first kappa shape index (κ1) is 16.2. The second-order valence-corrected chi connectivity index (χ2v) is 7.83. The maximum absolute atomic E-state index is 10.4. The predicted molar refractivity (Wildman–Crippen MR) is 88.9 cm³/mol. The van der Waals surface area contributed by atoms with Crippen molar-refractivity contribution in [2.75, 3.05) is 0 Å². The van der Waals surface area contributed by atoms with Crippen molar-refractivity contribution in [1.82, 2.24) is 9.78 Å². The van der Waals surface area contributed by atoms with Crippen molar-refractivity contribution in [3.05, 3.63) is 39.8 Å². The van der Waals surface area contributed by atoms with Gasteiger partial charge in [0, 0.05) is 28.4 Å². The van der Waals surface area contributed by atoms with Crippen LogP contribution in [0.1, 0.15) is 68.6 Å². The Kier molecular flexibility index (Phi) is 4.89. The van der Waals surface area contributed by atoms with E-state index in [-0.39, 0.29) is 5.41 Å². The van der Waals surface area contributed by atoms with Crippen LogP contribution in [0.3, 0.4) is 0 Å². The smallest absolute Gasteiger partial charge is 0.0938 e. The average molecular weight is 306 g/mol. The summed E-state index contributed by atoms with van der Waals surface area (Å²) in [5.41, 5.74) is 1.09. The molecule has 0 bridgehead atoms. The fourth-order valence-electron chi connectivity index (χ4n) is 2.15. The number of aliphatic hydroxyl groups is 1. The molecule has 2 rings (SSSR count). The summed E-state index contributed by atoms with van der Waals surface area (Å²) in [5.74, 6) is 0. The fourth-order valence-corrected chi connectivity index (χ4v) is 3.20. The molecule has 2 atom stereocenters. The highest BCUT2D eigenvalue weighted by molar-refractivity contribution is 7.12. The second-order valence-electron chi connectivity index (χ2n) is 6.72. The second kappa shape index (κ2) is 6.32. The lowest BCUT2D eigenvalue weighted by atomic mass is 9.95. The number of aliphatic hydroxyl groups excluding tert-OH is 1. The lowest BCUT2D eigenvalue weighted by Crippen LogP contribution is -2.08. The van der Waals surface area contributed by atoms with Gasteiger partial charge in [-0.05, 0) is 37.0 Å². The van der Waals surface area contributed by atoms with Gasteiger partial charge in [0.15, 0.2) is 0 Å². The fraction of sp³-hybridized carbons (Fsp3) is 0.588. The number of thiophene rings is 1. The number of hydrogen-bond donors (Lipinski definition) is 1. The van der Waals surface area contributed by atoms with Crippen molar-refractivity contribution in [3.63, 3.8) is 0 Å². The van der Waals surface area contributed by atoms with Crippen LogP contribution in [0.25, 0.3) is 0 Å². The van der Waals surface area contributed by atoms with Gasteiger partial charge in [-0.25, -0.2) is 0 Å². The van der Waals surface area contributed by atoms with Gasteiger partial charge in [-0.3, -0.25) is 4.68 Å². The first-order valence-corrected chi connectivity index (χ1v) is 8.45. The molecule has 2 aromatic rings. The summed E-state index contributed by atoms with van der Waals surface area (Å²) >= 11 is 1.70. The molecule has 116 valence electrons. The van der Waals surface area contributed by atoms with Crippen molar-refractivity contribution < 1.29 is 5.11 Å². The van der Waals surface area contributed by atoms with E-state index in [1.54, 1.807) is 11.3 Å². The Balaban J connectivity index is 2.06. The maximum Gasteiger partial charge on any atom is 0.0938 e. The standard InChI is InChI=1S/C17H26N2OS/c1-6-12(2)19-10-9-13(18-19)11-14(20)15-7-8-16(21-15)17(3,4)5/h7-10,12,14,20H,6,11H2,1-5H3. The van der Waals surface area contributed by atoms with Gasteiger partial charge in [-0.1, -0.05) is 27.7 Å². The largest absolute Gasteiger partial charge is 0.387 e. The summed E-state index contributed by atoms with van der Waals surface area (Å²) in [4.78, 5) is 2.33. The minimum atomic E-state index is -0.466. The maximum atomic E-state index is 10.4. The Morgan fingerprint density at radius 3 is 2.57 bits per heavy atom. The van der Waals surface area contributed by atoms with Gasteiger partial charge in [-0.15, -0.1) is 11.3 Å². The number of aromatic nitrogens is 2. The predicted octanol–water partition coefficient (Wildman–Crippen LogP) is 4.49. The van der Waals surface area contributed by atoms with Crippen molar-refractivity contribution in [3.8, 4) is 0 Å². The summed E-state index contributed by atoms with van der Waals surface area (Å²) in [6.07, 6.45) is 3.17. The van der Waals surface area contributed by atoms with E-state index >= 15 is 0 Å². The molecule has 0 saturated carbocycles. The minimum absolute atomic E-state index is 0.140. The Morgan fingerprint density at radius 2 is 2.00 bits per heavy atom. The van der Waals surface area contributed by atoms with Gasteiger partial charge in [0.25, 0.3) is 0 Å². The Morgan fingerprint density at radius 1 is 1.29 bits per heavy atom. The normalized spacial score (nSPS) is 15.1. The van der Waals surface area contributed by atoms with Crippen LogP contribution in [0.2, 0.25) is 0 Å². The van der Waals surface area contributed by atoms with Crippen molar-refractivity contribution in [1.29, 1.82) is 0 Å². The van der Waals surface area contributed by atoms with Crippen LogP contribution in [0, 0.1) is 0 Å². The van der Waals surface area contributed by atoms with Gasteiger partial charge in [0.2, 0.25) is 0 Å². The third-order valence-corrected chi connectivity index (χ3v) is 5.42. The molecule has 2 aromatic heterocycles. The van der Waals surface area contributed by atoms with E-state index in [9.17, 15) is 5.11 Å². The molecule has 0 spiro atoms. The lowest BCUT2D eigenvalue weighted by Gasteiger charge is -2.15. The molecule has 0 amide bonds. The zero-order valence-electron chi connectivity index (χ0n) is 13.6. The van der Waals surface area contributed by atoms with E-state index < -0.39 is 6.10 Å². The molecule has 3 nitrogen and oxygen atoms in total. The van der Waals surface area contributed by atoms with Gasteiger partial charge >= 0.3 is 0 Å². The van der Waals surface area contributed by atoms with Crippen molar-refractivity contribution in [2.24, 2.45) is 0 Å². The van der Waals surface area contributed by atoms with E-state index in [0.717, 1.165) is 17.0 Å². The molecule has 1 N–H and O–H groups in total. The molecule has 0 aliphatic carbocycles. The molecule has 0 saturated heterocycles. The van der Waals surface area contributed by atoms with Crippen LogP contribution in [0.5, 0.6) is 0 Å². The van der Waals surface area contributed by atoms with Gasteiger partial charge in [-0.2, -0.15) is 5.10 Å². The number of hydrogen-bond acceptors (Lipinski definition) is 3. The van der Waals surface area contributed by atoms with E-state index in [1.807, 2.05) is 23.0 Å². The average Bonchev–Trinajstić information content (AvgIpc) is 3.05. The third kappa shape index (κ3) is 3.95. The SMILES string of the molecule is CCC(C)n1ccc(CC(O)c2ccc(C(C)(C)C)s2)n1. The highest BCUT2D eigenvalue weighted by atomic mass is 32.1. The van der Waals surface area contributed by atoms with Gasteiger partial charge in [0.1, 0.15) is 0 Å². The quantitative estimate of drug-likeness (QED) is 0.884. The molecule has 0 radical (unpaired) electrons. The number of nitrogens with zero attached hydrogens (tertiary/aromatic N) is 2. The molecule has 0 fully saturated rings. The molecule has 0 aliphatic rings. The van der Waals surface area contributed by atoms with E-state index in [2.05, 4.69) is 45.8 Å². The molecule has 0 aromatic carbocycles. The molecule has 2 unspecified atom stereocenters. The van der Waals surface area contributed by atoms with Crippen LogP contribution in [-0.2, 0) is 11.8 Å². The van der Waals surface area contributed by atoms with E-state index in [1.165, 1.54) is 4.88 Å². The molecular weight excluding hydrogens is 280 g/mol. The summed E-state index contributed by atoms with van der Waals surface area (Å²) < 4.78 is 1.98. The van der Waals surface area contributed by atoms with Crippen LogP contribution in [0.15, 0.2) is 24.4 Å². The summed E-state index contributed by atoms with van der Waals surface area (Å²) in [6, 6.07) is 6.58. The third-order valence-electron chi connectivity index (χ3n) is 3.80. The summed E-state index contributed by atoms with van der Waals surface area (Å²) in [6.45, 7) is 10.9. The number of rotatable bonds is 5. The highest BCUT2D eigenvalue weighted by Gasteiger charge is 2.19. The Bertz CT molecular complexity index is 580. The van der Waals surface area contributed by atoms with Gasteiger partial charge < -0.3 is 5.11 Å².